The highest BCUT2D eigenvalue weighted by Crippen LogP contribution is 2.27. The zero-order valence-corrected chi connectivity index (χ0v) is 13.1. The molecule has 0 radical (unpaired) electrons. The Bertz CT molecular complexity index is 538. The van der Waals surface area contributed by atoms with Crippen molar-refractivity contribution < 1.29 is 4.39 Å². The fraction of sp³-hybridized carbons (Fsp3) is 0.429. The van der Waals surface area contributed by atoms with Crippen molar-refractivity contribution in [3.63, 3.8) is 0 Å². The number of hydrogen-bond donors (Lipinski definition) is 4. The summed E-state index contributed by atoms with van der Waals surface area (Å²) < 4.78 is 13.2. The molecule has 8 heteroatoms. The first-order chi connectivity index (χ1) is 10.4. The second-order valence-corrected chi connectivity index (χ2v) is 5.31. The fourth-order valence-corrected chi connectivity index (χ4v) is 2.23. The maximum absolute atomic E-state index is 13.2. The number of nitrogens with zero attached hydrogens (tertiary/aromatic N) is 2. The van der Waals surface area contributed by atoms with Gasteiger partial charge in [0.2, 0.25) is 0 Å². The first-order valence-corrected chi connectivity index (χ1v) is 7.37. The van der Waals surface area contributed by atoms with Gasteiger partial charge in [-0.1, -0.05) is 30.5 Å². The van der Waals surface area contributed by atoms with Crippen molar-refractivity contribution in [3.05, 3.63) is 34.6 Å². The molecule has 1 unspecified atom stereocenters. The third-order valence-corrected chi connectivity index (χ3v) is 3.35. The Labute approximate surface area is 134 Å². The van der Waals surface area contributed by atoms with E-state index in [0.29, 0.717) is 6.54 Å². The summed E-state index contributed by atoms with van der Waals surface area (Å²) in [7, 11) is 0. The highest BCUT2D eigenvalue weighted by atomic mass is 35.5. The molecular formula is C14H22ClFN6. The Hall–Kier alpha value is -2.02. The van der Waals surface area contributed by atoms with E-state index in [2.05, 4.69) is 9.98 Å². The number of unbranched alkanes of at least 4 members (excludes halogenated alkanes) is 2. The number of rotatable bonds is 8. The van der Waals surface area contributed by atoms with Crippen molar-refractivity contribution in [2.75, 3.05) is 6.54 Å². The Balaban J connectivity index is 2.60. The second kappa shape index (κ2) is 9.09. The number of nitrogens with two attached hydrogens (primary N) is 4. The average molecular weight is 329 g/mol. The number of hydrogen-bond acceptors (Lipinski definition) is 2. The van der Waals surface area contributed by atoms with Crippen molar-refractivity contribution in [3.8, 4) is 0 Å². The van der Waals surface area contributed by atoms with Crippen molar-refractivity contribution in [1.82, 2.24) is 0 Å². The van der Waals surface area contributed by atoms with Crippen LogP contribution in [0.2, 0.25) is 5.02 Å². The van der Waals surface area contributed by atoms with Crippen molar-refractivity contribution >= 4 is 23.5 Å². The molecule has 0 bridgehead atoms. The van der Waals surface area contributed by atoms with Gasteiger partial charge in [0.15, 0.2) is 11.9 Å². The number of benzene rings is 1. The normalized spacial score (nSPS) is 11.7. The molecule has 1 aromatic carbocycles. The van der Waals surface area contributed by atoms with E-state index in [-0.39, 0.29) is 23.0 Å². The fourth-order valence-electron chi connectivity index (χ4n) is 2.04. The van der Waals surface area contributed by atoms with Gasteiger partial charge in [0.25, 0.3) is 0 Å². The molecule has 0 heterocycles. The minimum absolute atomic E-state index is 0.00838. The minimum atomic E-state index is -0.467. The van der Waals surface area contributed by atoms with Crippen LogP contribution in [0.1, 0.15) is 37.3 Å². The lowest BCUT2D eigenvalue weighted by atomic mass is 10.0. The van der Waals surface area contributed by atoms with Gasteiger partial charge in [0, 0.05) is 6.54 Å². The summed E-state index contributed by atoms with van der Waals surface area (Å²) in [5.41, 5.74) is 22.2. The Morgan fingerprint density at radius 2 is 1.82 bits per heavy atom. The summed E-state index contributed by atoms with van der Waals surface area (Å²) in [6.07, 6.45) is 3.41. The predicted molar refractivity (Wildman–Crippen MR) is 89.1 cm³/mol. The molecule has 1 atom stereocenters. The predicted octanol–water partition coefficient (Wildman–Crippen LogP) is 1.63. The van der Waals surface area contributed by atoms with Crippen molar-refractivity contribution in [2.24, 2.45) is 32.9 Å². The topological polar surface area (TPSA) is 129 Å². The minimum Gasteiger partial charge on any atom is -0.370 e. The Morgan fingerprint density at radius 3 is 2.41 bits per heavy atom. The van der Waals surface area contributed by atoms with Crippen LogP contribution in [0.15, 0.2) is 28.2 Å². The molecule has 0 fully saturated rings. The highest BCUT2D eigenvalue weighted by Gasteiger charge is 2.12. The van der Waals surface area contributed by atoms with Crippen molar-refractivity contribution in [1.29, 1.82) is 0 Å². The largest absolute Gasteiger partial charge is 0.370 e. The lowest BCUT2D eigenvalue weighted by Crippen LogP contribution is -2.23. The van der Waals surface area contributed by atoms with Crippen LogP contribution in [-0.4, -0.2) is 18.5 Å². The summed E-state index contributed by atoms with van der Waals surface area (Å²) >= 11 is 5.80. The van der Waals surface area contributed by atoms with Crippen LogP contribution >= 0.6 is 11.6 Å². The molecule has 6 nitrogen and oxygen atoms in total. The molecule has 122 valence electrons. The van der Waals surface area contributed by atoms with E-state index >= 15 is 0 Å². The van der Waals surface area contributed by atoms with E-state index in [4.69, 9.17) is 34.5 Å². The lowest BCUT2D eigenvalue weighted by Gasteiger charge is -2.14. The van der Waals surface area contributed by atoms with E-state index in [1.54, 1.807) is 12.1 Å². The van der Waals surface area contributed by atoms with Gasteiger partial charge in [-0.2, -0.15) is 0 Å². The average Bonchev–Trinajstić information content (AvgIpc) is 2.43. The molecule has 0 spiro atoms. The monoisotopic (exact) mass is 328 g/mol. The third kappa shape index (κ3) is 6.62. The van der Waals surface area contributed by atoms with E-state index in [1.807, 2.05) is 0 Å². The second-order valence-electron chi connectivity index (χ2n) is 4.90. The summed E-state index contributed by atoms with van der Waals surface area (Å²) in [5.74, 6) is -0.378. The van der Waals surface area contributed by atoms with Crippen LogP contribution in [0.3, 0.4) is 0 Å². The molecule has 1 aromatic rings. The van der Waals surface area contributed by atoms with Gasteiger partial charge in [-0.25, -0.2) is 9.38 Å². The summed E-state index contributed by atoms with van der Waals surface area (Å²) in [5, 5.41) is 0.0565. The molecular weight excluding hydrogens is 307 g/mol. The lowest BCUT2D eigenvalue weighted by molar-refractivity contribution is 0.571. The molecule has 0 saturated heterocycles. The van der Waals surface area contributed by atoms with E-state index in [9.17, 15) is 4.39 Å². The van der Waals surface area contributed by atoms with Crippen LogP contribution in [0.25, 0.3) is 0 Å². The first kappa shape index (κ1) is 18.0. The van der Waals surface area contributed by atoms with Gasteiger partial charge in [-0.15, -0.1) is 0 Å². The summed E-state index contributed by atoms with van der Waals surface area (Å²) in [6, 6.07) is 4.25. The van der Waals surface area contributed by atoms with Crippen LogP contribution in [0.5, 0.6) is 0 Å². The van der Waals surface area contributed by atoms with E-state index in [1.165, 1.54) is 6.07 Å². The summed E-state index contributed by atoms with van der Waals surface area (Å²) in [6.45, 7) is 0.595. The molecule has 0 amide bonds. The maximum Gasteiger partial charge on any atom is 0.186 e. The van der Waals surface area contributed by atoms with Crippen LogP contribution in [0, 0.1) is 5.82 Å². The van der Waals surface area contributed by atoms with Crippen LogP contribution < -0.4 is 22.9 Å². The zero-order chi connectivity index (χ0) is 16.5. The molecule has 22 heavy (non-hydrogen) atoms. The smallest absolute Gasteiger partial charge is 0.186 e. The molecule has 0 aliphatic heterocycles. The van der Waals surface area contributed by atoms with Crippen LogP contribution in [-0.2, 0) is 0 Å². The van der Waals surface area contributed by atoms with Gasteiger partial charge in [0.1, 0.15) is 5.82 Å². The third-order valence-electron chi connectivity index (χ3n) is 3.06. The number of aliphatic imine (C=N–C) groups is 2. The SMILES string of the molecule is NC(N)=NCCCCCC(N=C(N)N)c1ccc(F)c(Cl)c1. The van der Waals surface area contributed by atoms with Gasteiger partial charge in [0.05, 0.1) is 11.1 Å². The number of guanidine groups is 2. The first-order valence-electron chi connectivity index (χ1n) is 6.99. The van der Waals surface area contributed by atoms with Gasteiger partial charge >= 0.3 is 0 Å². The number of halogens is 2. The van der Waals surface area contributed by atoms with Crippen molar-refractivity contribution in [2.45, 2.75) is 31.7 Å². The zero-order valence-electron chi connectivity index (χ0n) is 12.3. The quantitative estimate of drug-likeness (QED) is 0.328. The highest BCUT2D eigenvalue weighted by molar-refractivity contribution is 6.30. The van der Waals surface area contributed by atoms with E-state index < -0.39 is 5.82 Å². The molecule has 8 N–H and O–H groups in total. The molecule has 0 aliphatic carbocycles. The van der Waals surface area contributed by atoms with Gasteiger partial charge < -0.3 is 22.9 Å². The molecule has 0 aliphatic rings. The van der Waals surface area contributed by atoms with Crippen LogP contribution in [0.4, 0.5) is 4.39 Å². The molecule has 1 rings (SSSR count). The molecule has 0 saturated carbocycles. The standard InChI is InChI=1S/C14H22ClFN6/c15-10-8-9(5-6-11(10)16)12(22-14(19)20)4-2-1-3-7-21-13(17)18/h5-6,8,12H,1-4,7H2,(H4,17,18,21)(H4,19,20,22). The molecule has 0 aromatic heterocycles. The van der Waals surface area contributed by atoms with Gasteiger partial charge in [-0.3, -0.25) is 4.99 Å². The maximum atomic E-state index is 13.2. The van der Waals surface area contributed by atoms with E-state index in [0.717, 1.165) is 31.2 Å². The Kier molecular flexibility index (Phi) is 7.45. The van der Waals surface area contributed by atoms with Gasteiger partial charge in [-0.05, 0) is 30.5 Å². The summed E-state index contributed by atoms with van der Waals surface area (Å²) in [4.78, 5) is 8.10. The Morgan fingerprint density at radius 1 is 1.09 bits per heavy atom.